The number of nitrogens with zero attached hydrogens (tertiary/aromatic N) is 1. The summed E-state index contributed by atoms with van der Waals surface area (Å²) in [6, 6.07) is 2.50. The van der Waals surface area contributed by atoms with E-state index >= 15 is 0 Å². The minimum Gasteiger partial charge on any atom is -0.508 e. The fourth-order valence-corrected chi connectivity index (χ4v) is 5.60. The van der Waals surface area contributed by atoms with Crippen LogP contribution in [0.4, 0.5) is 0 Å². The lowest BCUT2D eigenvalue weighted by molar-refractivity contribution is -0.181. The average Bonchev–Trinajstić information content (AvgIpc) is 2.70. The van der Waals surface area contributed by atoms with E-state index in [0.717, 1.165) is 0 Å². The topological polar surface area (TPSA) is 202 Å². The third-order valence-corrected chi connectivity index (χ3v) is 7.03. The van der Waals surface area contributed by atoms with E-state index in [1.807, 2.05) is 0 Å². The highest BCUT2D eigenvalue weighted by molar-refractivity contribution is 6.24. The normalized spacial score (nSPS) is 36.0. The summed E-state index contributed by atoms with van der Waals surface area (Å²) >= 11 is 0. The molecule has 0 heterocycles. The van der Waals surface area contributed by atoms with Gasteiger partial charge in [-0.15, -0.1) is 0 Å². The van der Waals surface area contributed by atoms with Gasteiger partial charge in [0, 0.05) is 0 Å². The van der Waals surface area contributed by atoms with Gasteiger partial charge in [-0.25, -0.2) is 0 Å². The predicted octanol–water partition coefficient (Wildman–Crippen LogP) is -1.40. The van der Waals surface area contributed by atoms with Crippen molar-refractivity contribution in [1.82, 2.24) is 4.90 Å². The first-order valence-corrected chi connectivity index (χ1v) is 10.1. The van der Waals surface area contributed by atoms with Crippen LogP contribution >= 0.6 is 0 Å². The van der Waals surface area contributed by atoms with Gasteiger partial charge in [-0.3, -0.25) is 19.3 Å². The molecule has 3 aliphatic carbocycles. The number of carbonyl (C=O) groups is 3. The second kappa shape index (κ2) is 6.87. The molecule has 3 aliphatic rings. The van der Waals surface area contributed by atoms with Crippen molar-refractivity contribution in [3.8, 4) is 5.75 Å². The number of rotatable bonds is 2. The smallest absolute Gasteiger partial charge is 0.255 e. The summed E-state index contributed by atoms with van der Waals surface area (Å²) in [5, 5.41) is 66.3. The van der Waals surface area contributed by atoms with E-state index in [2.05, 4.69) is 0 Å². The number of amides is 1. The van der Waals surface area contributed by atoms with E-state index in [1.165, 1.54) is 44.1 Å². The SMILES string of the molecule is CN(C)[C@@H]1C(=O)C(C(N)=O)=C(O)[C@@]2(O)C(=O)C3=C(O)c4c(O)cccc4[C@@](C)(O)[C@H]3C(O)C12. The molecule has 1 saturated carbocycles. The van der Waals surface area contributed by atoms with E-state index < -0.39 is 81.1 Å². The zero-order valence-corrected chi connectivity index (χ0v) is 18.0. The molecule has 1 fully saturated rings. The van der Waals surface area contributed by atoms with E-state index in [4.69, 9.17) is 5.73 Å². The molecule has 1 aromatic rings. The van der Waals surface area contributed by atoms with E-state index in [-0.39, 0.29) is 11.1 Å². The van der Waals surface area contributed by atoms with Gasteiger partial charge >= 0.3 is 0 Å². The Hall–Kier alpha value is -3.25. The quantitative estimate of drug-likeness (QED) is 0.257. The third-order valence-electron chi connectivity index (χ3n) is 7.03. The second-order valence-electron chi connectivity index (χ2n) is 9.06. The Morgan fingerprint density at radius 3 is 2.27 bits per heavy atom. The van der Waals surface area contributed by atoms with Crippen molar-refractivity contribution in [2.24, 2.45) is 17.6 Å². The molecule has 6 atom stereocenters. The lowest BCUT2D eigenvalue weighted by Gasteiger charge is -2.55. The Kier molecular flexibility index (Phi) is 4.78. The van der Waals surface area contributed by atoms with Crippen LogP contribution in [-0.4, -0.2) is 84.9 Å². The molecule has 4 rings (SSSR count). The fraction of sp³-hybridized carbons (Fsp3) is 0.409. The molecule has 0 aromatic heterocycles. The first-order valence-electron chi connectivity index (χ1n) is 10.1. The number of benzene rings is 1. The monoisotopic (exact) mass is 460 g/mol. The minimum absolute atomic E-state index is 0.00664. The van der Waals surface area contributed by atoms with Gasteiger partial charge in [0.1, 0.15) is 22.8 Å². The Labute approximate surface area is 187 Å². The first-order chi connectivity index (χ1) is 15.2. The number of hydrogen-bond donors (Lipinski definition) is 7. The van der Waals surface area contributed by atoms with Crippen LogP contribution in [0.3, 0.4) is 0 Å². The summed E-state index contributed by atoms with van der Waals surface area (Å²) in [5.74, 6) is -9.67. The van der Waals surface area contributed by atoms with Gasteiger partial charge in [0.2, 0.25) is 5.78 Å². The molecule has 11 heteroatoms. The zero-order chi connectivity index (χ0) is 24.8. The van der Waals surface area contributed by atoms with Crippen LogP contribution in [0.2, 0.25) is 0 Å². The lowest BCUT2D eigenvalue weighted by atomic mass is 9.53. The maximum absolute atomic E-state index is 13.7. The summed E-state index contributed by atoms with van der Waals surface area (Å²) < 4.78 is 0. The molecule has 0 aliphatic heterocycles. The van der Waals surface area contributed by atoms with Crippen molar-refractivity contribution in [1.29, 1.82) is 0 Å². The summed E-state index contributed by atoms with van der Waals surface area (Å²) in [6.45, 7) is 1.25. The number of aliphatic hydroxyl groups excluding tert-OH is 3. The number of ketones is 2. The average molecular weight is 460 g/mol. The number of fused-ring (bicyclic) bond motifs is 3. The number of nitrogens with two attached hydrogens (primary N) is 1. The van der Waals surface area contributed by atoms with Crippen LogP contribution in [-0.2, 0) is 20.0 Å². The predicted molar refractivity (Wildman–Crippen MR) is 112 cm³/mol. The molecule has 1 aromatic carbocycles. The van der Waals surface area contributed by atoms with Gasteiger partial charge in [-0.1, -0.05) is 12.1 Å². The molecule has 0 saturated heterocycles. The molecule has 0 spiro atoms. The number of aliphatic hydroxyl groups is 5. The van der Waals surface area contributed by atoms with Gasteiger partial charge in [0.05, 0.1) is 40.7 Å². The van der Waals surface area contributed by atoms with E-state index in [0.29, 0.717) is 0 Å². The van der Waals surface area contributed by atoms with Gasteiger partial charge in [0.15, 0.2) is 11.4 Å². The molecule has 8 N–H and O–H groups in total. The second-order valence-corrected chi connectivity index (χ2v) is 9.06. The van der Waals surface area contributed by atoms with Crippen LogP contribution in [0, 0.1) is 11.8 Å². The molecule has 0 bridgehead atoms. The largest absolute Gasteiger partial charge is 0.508 e. The van der Waals surface area contributed by atoms with E-state index in [1.54, 1.807) is 0 Å². The highest BCUT2D eigenvalue weighted by Gasteiger charge is 2.70. The molecular formula is C22H24N2O9. The fourth-order valence-electron chi connectivity index (χ4n) is 5.60. The van der Waals surface area contributed by atoms with Gasteiger partial charge in [0.25, 0.3) is 5.91 Å². The molecule has 176 valence electrons. The maximum Gasteiger partial charge on any atom is 0.255 e. The summed E-state index contributed by atoms with van der Waals surface area (Å²) in [5.41, 5.74) is -1.78. The van der Waals surface area contributed by atoms with Crippen LogP contribution in [0.1, 0.15) is 18.1 Å². The molecule has 33 heavy (non-hydrogen) atoms. The molecule has 2 unspecified atom stereocenters. The lowest BCUT2D eigenvalue weighted by Crippen LogP contribution is -2.71. The number of aromatic hydroxyl groups is 1. The first kappa shape index (κ1) is 22.9. The number of phenolic OH excluding ortho intramolecular Hbond substituents is 1. The van der Waals surface area contributed by atoms with Gasteiger partial charge in [-0.2, -0.15) is 0 Å². The van der Waals surface area contributed by atoms with Crippen LogP contribution < -0.4 is 5.73 Å². The van der Waals surface area contributed by atoms with Crippen LogP contribution in [0.5, 0.6) is 5.75 Å². The van der Waals surface area contributed by atoms with E-state index in [9.17, 15) is 45.0 Å². The Balaban J connectivity index is 2.11. The zero-order valence-electron chi connectivity index (χ0n) is 18.0. The van der Waals surface area contributed by atoms with Crippen molar-refractivity contribution in [3.63, 3.8) is 0 Å². The van der Waals surface area contributed by atoms with Crippen molar-refractivity contribution in [3.05, 3.63) is 46.2 Å². The molecule has 0 radical (unpaired) electrons. The molecule has 1 amide bonds. The Morgan fingerprint density at radius 2 is 1.73 bits per heavy atom. The summed E-state index contributed by atoms with van der Waals surface area (Å²) in [4.78, 5) is 39.9. The number of phenols is 1. The van der Waals surface area contributed by atoms with Crippen molar-refractivity contribution < 1.29 is 45.0 Å². The number of hydrogen-bond acceptors (Lipinski definition) is 10. The highest BCUT2D eigenvalue weighted by Crippen LogP contribution is 2.57. The highest BCUT2D eigenvalue weighted by atomic mass is 16.4. The van der Waals surface area contributed by atoms with Crippen LogP contribution in [0.15, 0.2) is 35.1 Å². The number of likely N-dealkylation sites (N-methyl/N-ethyl adjacent to an activating group) is 1. The summed E-state index contributed by atoms with van der Waals surface area (Å²) in [6.07, 6.45) is -1.87. The van der Waals surface area contributed by atoms with Gasteiger partial charge in [-0.05, 0) is 32.6 Å². The third kappa shape index (κ3) is 2.61. The minimum atomic E-state index is -3.02. The van der Waals surface area contributed by atoms with Crippen LogP contribution in [0.25, 0.3) is 5.76 Å². The number of Topliss-reactive ketones (excluding diaryl/α,β-unsaturated/α-hetero) is 2. The Morgan fingerprint density at radius 1 is 1.12 bits per heavy atom. The summed E-state index contributed by atoms with van der Waals surface area (Å²) in [7, 11) is 2.80. The standard InChI is InChI=1S/C22H24N2O9/c1-21(32)7-5-4-6-8(25)9(7)15(26)10-12(21)17(28)13-14(24(2)3)16(27)11(20(23)31)19(30)22(13,33)18(10)29/h4-6,12-14,17,25-26,28,30,32-33H,1-3H3,(H2,23,31)/t12-,13?,14+,17?,21-,22+/m1/s1. The van der Waals surface area contributed by atoms with Crippen molar-refractivity contribution in [2.45, 2.75) is 30.3 Å². The number of primary amides is 1. The number of carbonyl (C=O) groups excluding carboxylic acids is 3. The molecular weight excluding hydrogens is 436 g/mol. The van der Waals surface area contributed by atoms with Crippen molar-refractivity contribution in [2.75, 3.05) is 14.1 Å². The van der Waals surface area contributed by atoms with Crippen molar-refractivity contribution >= 4 is 23.2 Å². The maximum atomic E-state index is 13.7. The molecule has 11 nitrogen and oxygen atoms in total. The van der Waals surface area contributed by atoms with Gasteiger partial charge < -0.3 is 36.4 Å². The Bertz CT molecular complexity index is 1180.